The van der Waals surface area contributed by atoms with Crippen LogP contribution in [0, 0.1) is 6.92 Å². The molecular weight excluding hydrogens is 432 g/mol. The molecule has 0 atom stereocenters. The number of anilines is 1. The molecule has 1 heterocycles. The third-order valence-electron chi connectivity index (χ3n) is 5.78. The molecule has 170 valence electrons. The largest absolute Gasteiger partial charge is 0.337 e. The van der Waals surface area contributed by atoms with Crippen molar-refractivity contribution in [2.24, 2.45) is 0 Å². The predicted octanol–water partition coefficient (Wildman–Crippen LogP) is 5.62. The molecule has 5 nitrogen and oxygen atoms in total. The third-order valence-corrected chi connectivity index (χ3v) is 7.58. The van der Waals surface area contributed by atoms with Gasteiger partial charge in [0.05, 0.1) is 9.79 Å². The molecule has 0 spiro atoms. The minimum absolute atomic E-state index is 0.0581. The molecule has 4 aromatic rings. The number of benzene rings is 3. The summed E-state index contributed by atoms with van der Waals surface area (Å²) in [6, 6.07) is 23.8. The van der Waals surface area contributed by atoms with Crippen molar-refractivity contribution in [3.8, 4) is 0 Å². The molecule has 0 aliphatic rings. The standard InChI is InChI=1S/C27H28N2O3S/c1-3-4-18-29(22-10-6-5-7-11-22)27(30)20-28-19-26(24-12-8-9-13-25(24)28)33(31,32)23-16-14-21(2)15-17-23/h5-17,19H,3-4,18,20H2,1-2H3. The van der Waals surface area contributed by atoms with Crippen LogP contribution in [0.2, 0.25) is 0 Å². The molecule has 1 aromatic heterocycles. The Bertz CT molecular complexity index is 1360. The zero-order chi connectivity index (χ0) is 23.4. The van der Waals surface area contributed by atoms with Crippen molar-refractivity contribution < 1.29 is 13.2 Å². The predicted molar refractivity (Wildman–Crippen MR) is 132 cm³/mol. The average molecular weight is 461 g/mol. The van der Waals surface area contributed by atoms with Crippen LogP contribution in [0.25, 0.3) is 10.9 Å². The number of rotatable bonds is 8. The highest BCUT2D eigenvalue weighted by atomic mass is 32.2. The highest BCUT2D eigenvalue weighted by Crippen LogP contribution is 2.30. The number of nitrogens with zero attached hydrogens (tertiary/aromatic N) is 2. The van der Waals surface area contributed by atoms with Crippen molar-refractivity contribution in [2.45, 2.75) is 43.0 Å². The number of amides is 1. The SMILES string of the molecule is CCCCN(C(=O)Cn1cc(S(=O)(=O)c2ccc(C)cc2)c2ccccc21)c1ccccc1. The summed E-state index contributed by atoms with van der Waals surface area (Å²) in [5.74, 6) is -0.0744. The Morgan fingerprint density at radius 2 is 1.58 bits per heavy atom. The summed E-state index contributed by atoms with van der Waals surface area (Å²) < 4.78 is 28.6. The zero-order valence-corrected chi connectivity index (χ0v) is 19.8. The number of unbranched alkanes of at least 4 members (excludes halogenated alkanes) is 1. The van der Waals surface area contributed by atoms with E-state index in [0.29, 0.717) is 11.9 Å². The van der Waals surface area contributed by atoms with Crippen LogP contribution in [0.4, 0.5) is 5.69 Å². The fourth-order valence-corrected chi connectivity index (χ4v) is 5.43. The summed E-state index contributed by atoms with van der Waals surface area (Å²) in [4.78, 5) is 15.6. The van der Waals surface area contributed by atoms with Crippen molar-refractivity contribution in [1.29, 1.82) is 0 Å². The maximum Gasteiger partial charge on any atom is 0.246 e. The lowest BCUT2D eigenvalue weighted by molar-refractivity contribution is -0.119. The highest BCUT2D eigenvalue weighted by Gasteiger charge is 2.25. The van der Waals surface area contributed by atoms with Crippen LogP contribution in [-0.2, 0) is 21.2 Å². The summed E-state index contributed by atoms with van der Waals surface area (Å²) in [6.07, 6.45) is 3.46. The van der Waals surface area contributed by atoms with Crippen molar-refractivity contribution in [2.75, 3.05) is 11.4 Å². The first-order valence-corrected chi connectivity index (χ1v) is 12.6. The fraction of sp³-hybridized carbons (Fsp3) is 0.222. The Morgan fingerprint density at radius 1 is 0.909 bits per heavy atom. The Hall–Kier alpha value is -3.38. The number of hydrogen-bond donors (Lipinski definition) is 0. The van der Waals surface area contributed by atoms with Crippen LogP contribution >= 0.6 is 0 Å². The second-order valence-corrected chi connectivity index (χ2v) is 10.1. The minimum Gasteiger partial charge on any atom is -0.337 e. The van der Waals surface area contributed by atoms with Gasteiger partial charge in [-0.05, 0) is 43.7 Å². The first-order valence-electron chi connectivity index (χ1n) is 11.2. The van der Waals surface area contributed by atoms with Crippen LogP contribution in [0.3, 0.4) is 0 Å². The van der Waals surface area contributed by atoms with Crippen molar-refractivity contribution >= 4 is 32.3 Å². The number of fused-ring (bicyclic) bond motifs is 1. The van der Waals surface area contributed by atoms with E-state index in [1.165, 1.54) is 0 Å². The number of para-hydroxylation sites is 2. The number of aryl methyl sites for hydroxylation is 1. The Balaban J connectivity index is 1.73. The van der Waals surface area contributed by atoms with E-state index in [4.69, 9.17) is 0 Å². The number of hydrogen-bond acceptors (Lipinski definition) is 3. The molecule has 0 aliphatic carbocycles. The molecule has 0 saturated carbocycles. The molecule has 0 aliphatic heterocycles. The van der Waals surface area contributed by atoms with Crippen LogP contribution in [0.5, 0.6) is 0 Å². The lowest BCUT2D eigenvalue weighted by Crippen LogP contribution is -2.34. The van der Waals surface area contributed by atoms with Crippen molar-refractivity contribution in [3.05, 3.63) is 90.6 Å². The van der Waals surface area contributed by atoms with E-state index in [1.54, 1.807) is 46.0 Å². The number of carbonyl (C=O) groups excluding carboxylic acids is 1. The van der Waals surface area contributed by atoms with Crippen LogP contribution in [-0.4, -0.2) is 25.4 Å². The Kier molecular flexibility index (Phi) is 6.65. The van der Waals surface area contributed by atoms with Crippen LogP contribution < -0.4 is 4.90 Å². The highest BCUT2D eigenvalue weighted by molar-refractivity contribution is 7.91. The van der Waals surface area contributed by atoms with E-state index >= 15 is 0 Å². The van der Waals surface area contributed by atoms with Crippen molar-refractivity contribution in [1.82, 2.24) is 4.57 Å². The maximum absolute atomic E-state index is 13.4. The smallest absolute Gasteiger partial charge is 0.246 e. The monoisotopic (exact) mass is 460 g/mol. The third kappa shape index (κ3) is 4.71. The summed E-state index contributed by atoms with van der Waals surface area (Å²) in [5, 5.41) is 0.616. The molecule has 1 amide bonds. The topological polar surface area (TPSA) is 59.4 Å². The van der Waals surface area contributed by atoms with Gasteiger partial charge in [-0.1, -0.05) is 67.4 Å². The van der Waals surface area contributed by atoms with Gasteiger partial charge in [0.15, 0.2) is 0 Å². The van der Waals surface area contributed by atoms with Gasteiger partial charge in [-0.15, -0.1) is 0 Å². The quantitative estimate of drug-likeness (QED) is 0.343. The van der Waals surface area contributed by atoms with E-state index in [1.807, 2.05) is 55.5 Å². The Morgan fingerprint density at radius 3 is 2.27 bits per heavy atom. The van der Waals surface area contributed by atoms with Crippen LogP contribution in [0.15, 0.2) is 94.9 Å². The molecule has 3 aromatic carbocycles. The van der Waals surface area contributed by atoms with Gasteiger partial charge in [0.25, 0.3) is 0 Å². The van der Waals surface area contributed by atoms with E-state index in [2.05, 4.69) is 6.92 Å². The van der Waals surface area contributed by atoms with Gasteiger partial charge in [-0.3, -0.25) is 4.79 Å². The molecule has 0 radical (unpaired) electrons. The molecule has 6 heteroatoms. The average Bonchev–Trinajstić information content (AvgIpc) is 3.19. The first-order chi connectivity index (χ1) is 15.9. The lowest BCUT2D eigenvalue weighted by atomic mass is 10.2. The van der Waals surface area contributed by atoms with Crippen LogP contribution in [0.1, 0.15) is 25.3 Å². The minimum atomic E-state index is -3.73. The summed E-state index contributed by atoms with van der Waals surface area (Å²) >= 11 is 0. The molecule has 0 fully saturated rings. The second kappa shape index (κ2) is 9.63. The van der Waals surface area contributed by atoms with Gasteiger partial charge < -0.3 is 9.47 Å². The fourth-order valence-electron chi connectivity index (χ4n) is 3.96. The van der Waals surface area contributed by atoms with Gasteiger partial charge in [-0.25, -0.2) is 8.42 Å². The lowest BCUT2D eigenvalue weighted by Gasteiger charge is -2.23. The van der Waals surface area contributed by atoms with Gasteiger partial charge >= 0.3 is 0 Å². The summed E-state index contributed by atoms with van der Waals surface area (Å²) in [6.45, 7) is 4.69. The maximum atomic E-state index is 13.4. The van der Waals surface area contributed by atoms with Gasteiger partial charge in [0.2, 0.25) is 15.7 Å². The molecule has 33 heavy (non-hydrogen) atoms. The Labute approximate surface area is 195 Å². The molecule has 0 unspecified atom stereocenters. The molecular formula is C27H28N2O3S. The van der Waals surface area contributed by atoms with E-state index in [0.717, 1.165) is 29.6 Å². The zero-order valence-electron chi connectivity index (χ0n) is 18.9. The molecule has 0 bridgehead atoms. The van der Waals surface area contributed by atoms with E-state index in [9.17, 15) is 13.2 Å². The van der Waals surface area contributed by atoms with E-state index in [-0.39, 0.29) is 22.2 Å². The second-order valence-electron chi connectivity index (χ2n) is 8.19. The summed E-state index contributed by atoms with van der Waals surface area (Å²) in [7, 11) is -3.73. The molecule has 0 N–H and O–H groups in total. The number of sulfone groups is 1. The molecule has 0 saturated heterocycles. The van der Waals surface area contributed by atoms with E-state index < -0.39 is 9.84 Å². The van der Waals surface area contributed by atoms with Gasteiger partial charge in [0.1, 0.15) is 6.54 Å². The first kappa shape index (κ1) is 22.8. The van der Waals surface area contributed by atoms with Crippen molar-refractivity contribution in [3.63, 3.8) is 0 Å². The molecule has 4 rings (SSSR count). The normalized spacial score (nSPS) is 11.6. The number of carbonyl (C=O) groups is 1. The van der Waals surface area contributed by atoms with Gasteiger partial charge in [0, 0.05) is 29.3 Å². The number of aromatic nitrogens is 1. The van der Waals surface area contributed by atoms with Gasteiger partial charge in [-0.2, -0.15) is 0 Å². The summed E-state index contributed by atoms with van der Waals surface area (Å²) in [5.41, 5.74) is 2.56.